The van der Waals surface area contributed by atoms with Gasteiger partial charge in [-0.1, -0.05) is 42.2 Å². The lowest BCUT2D eigenvalue weighted by Crippen LogP contribution is -2.05. The number of nitrogen functional groups attached to an aromatic ring is 2. The van der Waals surface area contributed by atoms with E-state index in [-0.39, 0.29) is 11.8 Å². The third-order valence-electron chi connectivity index (χ3n) is 2.99. The normalized spacial score (nSPS) is 9.82. The van der Waals surface area contributed by atoms with Crippen LogP contribution >= 0.6 is 0 Å². The van der Waals surface area contributed by atoms with Crippen LogP contribution < -0.4 is 11.5 Å². The fraction of sp³-hybridized carbons (Fsp3) is 0. The maximum atomic E-state index is 5.97. The van der Waals surface area contributed by atoms with E-state index in [4.69, 9.17) is 11.5 Å². The topological polar surface area (TPSA) is 90.7 Å². The van der Waals surface area contributed by atoms with Gasteiger partial charge in [0.1, 0.15) is 5.82 Å². The summed E-state index contributed by atoms with van der Waals surface area (Å²) in [7, 11) is 0. The lowest BCUT2D eigenvalue weighted by atomic mass is 10.1. The average Bonchev–Trinajstić information content (AvgIpc) is 2.55. The number of benzene rings is 1. The summed E-state index contributed by atoms with van der Waals surface area (Å²) in [5, 5.41) is 0. The second-order valence-corrected chi connectivity index (χ2v) is 4.55. The van der Waals surface area contributed by atoms with Crippen LogP contribution in [0.3, 0.4) is 0 Å². The summed E-state index contributed by atoms with van der Waals surface area (Å²) in [6.07, 6.45) is 3.38. The highest BCUT2D eigenvalue weighted by atomic mass is 15.0. The Balaban J connectivity index is 2.14. The van der Waals surface area contributed by atoms with Crippen molar-refractivity contribution >= 4 is 11.8 Å². The molecule has 0 aliphatic carbocycles. The van der Waals surface area contributed by atoms with E-state index in [1.165, 1.54) is 0 Å². The van der Waals surface area contributed by atoms with Crippen LogP contribution in [-0.2, 0) is 0 Å². The second kappa shape index (κ2) is 5.94. The molecular formula is C17H13N5. The zero-order valence-corrected chi connectivity index (χ0v) is 11.7. The van der Waals surface area contributed by atoms with Crippen molar-refractivity contribution in [1.82, 2.24) is 15.0 Å². The number of nitrogens with zero attached hydrogens (tertiary/aromatic N) is 3. The number of hydrogen-bond donors (Lipinski definition) is 2. The molecule has 3 rings (SSSR count). The van der Waals surface area contributed by atoms with Gasteiger partial charge in [-0.25, -0.2) is 4.98 Å². The molecule has 0 bridgehead atoms. The van der Waals surface area contributed by atoms with Gasteiger partial charge in [0.25, 0.3) is 0 Å². The van der Waals surface area contributed by atoms with E-state index in [1.807, 2.05) is 42.5 Å². The molecule has 0 amide bonds. The molecule has 4 N–H and O–H groups in total. The van der Waals surface area contributed by atoms with Crippen LogP contribution in [0.4, 0.5) is 11.8 Å². The van der Waals surface area contributed by atoms with E-state index >= 15 is 0 Å². The fourth-order valence-electron chi connectivity index (χ4n) is 2.00. The Kier molecular flexibility index (Phi) is 3.67. The van der Waals surface area contributed by atoms with Gasteiger partial charge < -0.3 is 11.5 Å². The maximum Gasteiger partial charge on any atom is 0.222 e. The molecule has 2 aromatic heterocycles. The van der Waals surface area contributed by atoms with Crippen LogP contribution in [0, 0.1) is 11.8 Å². The summed E-state index contributed by atoms with van der Waals surface area (Å²) < 4.78 is 0. The minimum absolute atomic E-state index is 0.128. The molecule has 5 heteroatoms. The molecule has 2 heterocycles. The van der Waals surface area contributed by atoms with E-state index in [2.05, 4.69) is 26.8 Å². The Hall–Kier alpha value is -3.39. The van der Waals surface area contributed by atoms with Crippen LogP contribution in [0.2, 0.25) is 0 Å². The third kappa shape index (κ3) is 2.86. The van der Waals surface area contributed by atoms with Crippen molar-refractivity contribution in [3.05, 3.63) is 66.0 Å². The average molecular weight is 287 g/mol. The molecule has 0 saturated carbocycles. The fourth-order valence-corrected chi connectivity index (χ4v) is 2.00. The van der Waals surface area contributed by atoms with Crippen molar-refractivity contribution in [2.45, 2.75) is 0 Å². The highest BCUT2D eigenvalue weighted by Crippen LogP contribution is 2.24. The van der Waals surface area contributed by atoms with Crippen LogP contribution in [0.1, 0.15) is 11.1 Å². The van der Waals surface area contributed by atoms with Gasteiger partial charge in [-0.2, -0.15) is 4.98 Å². The molecule has 0 atom stereocenters. The molecule has 0 aliphatic heterocycles. The van der Waals surface area contributed by atoms with Gasteiger partial charge in [-0.05, 0) is 12.1 Å². The third-order valence-corrected chi connectivity index (χ3v) is 2.99. The summed E-state index contributed by atoms with van der Waals surface area (Å²) in [5.41, 5.74) is 14.6. The highest BCUT2D eigenvalue weighted by molar-refractivity contribution is 5.74. The van der Waals surface area contributed by atoms with Crippen LogP contribution in [0.25, 0.3) is 11.3 Å². The summed E-state index contributed by atoms with van der Waals surface area (Å²) in [6, 6.07) is 13.3. The van der Waals surface area contributed by atoms with Gasteiger partial charge >= 0.3 is 0 Å². The molecule has 1 aromatic carbocycles. The number of pyridine rings is 1. The first kappa shape index (κ1) is 13.6. The molecule has 5 nitrogen and oxygen atoms in total. The number of hydrogen-bond acceptors (Lipinski definition) is 5. The van der Waals surface area contributed by atoms with Gasteiger partial charge in [-0.3, -0.25) is 4.98 Å². The molecule has 0 radical (unpaired) electrons. The molecule has 0 aliphatic rings. The van der Waals surface area contributed by atoms with Crippen molar-refractivity contribution < 1.29 is 0 Å². The smallest absolute Gasteiger partial charge is 0.222 e. The number of anilines is 2. The van der Waals surface area contributed by atoms with E-state index < -0.39 is 0 Å². The molecule has 106 valence electrons. The first-order valence-electron chi connectivity index (χ1n) is 6.64. The minimum Gasteiger partial charge on any atom is -0.382 e. The zero-order valence-electron chi connectivity index (χ0n) is 11.7. The second-order valence-electron chi connectivity index (χ2n) is 4.55. The largest absolute Gasteiger partial charge is 0.382 e. The quantitative estimate of drug-likeness (QED) is 0.669. The van der Waals surface area contributed by atoms with Crippen molar-refractivity contribution in [1.29, 1.82) is 0 Å². The molecule has 22 heavy (non-hydrogen) atoms. The highest BCUT2D eigenvalue weighted by Gasteiger charge is 2.11. The van der Waals surface area contributed by atoms with E-state index in [1.54, 1.807) is 12.4 Å². The molecule has 0 spiro atoms. The van der Waals surface area contributed by atoms with E-state index in [0.717, 1.165) is 11.1 Å². The molecule has 0 saturated heterocycles. The summed E-state index contributed by atoms with van der Waals surface area (Å²) >= 11 is 0. The standard InChI is InChI=1S/C17H13N5/c18-16-14(9-8-12-5-4-10-20-11-12)15(21-17(19)22-16)13-6-2-1-3-7-13/h1-7,10-11H,(H4,18,19,21,22). The van der Waals surface area contributed by atoms with Gasteiger partial charge in [0, 0.05) is 23.5 Å². The van der Waals surface area contributed by atoms with Gasteiger partial charge in [0.2, 0.25) is 5.95 Å². The molecule has 3 aromatic rings. The van der Waals surface area contributed by atoms with Crippen LogP contribution in [0.15, 0.2) is 54.9 Å². The zero-order chi connectivity index (χ0) is 15.4. The van der Waals surface area contributed by atoms with E-state index in [9.17, 15) is 0 Å². The minimum atomic E-state index is 0.128. The van der Waals surface area contributed by atoms with Crippen molar-refractivity contribution in [3.63, 3.8) is 0 Å². The lowest BCUT2D eigenvalue weighted by molar-refractivity contribution is 1.19. The maximum absolute atomic E-state index is 5.97. The molecular weight excluding hydrogens is 274 g/mol. The predicted molar refractivity (Wildman–Crippen MR) is 86.5 cm³/mol. The van der Waals surface area contributed by atoms with Gasteiger partial charge in [-0.15, -0.1) is 0 Å². The molecule has 0 fully saturated rings. The SMILES string of the molecule is Nc1nc(N)c(C#Cc2cccnc2)c(-c2ccccc2)n1. The van der Waals surface area contributed by atoms with Gasteiger partial charge in [0.15, 0.2) is 0 Å². The monoisotopic (exact) mass is 287 g/mol. The Morgan fingerprint density at radius 1 is 0.864 bits per heavy atom. The van der Waals surface area contributed by atoms with Crippen LogP contribution in [-0.4, -0.2) is 15.0 Å². The Labute approximate surface area is 128 Å². The number of aromatic nitrogens is 3. The number of rotatable bonds is 1. The van der Waals surface area contributed by atoms with Gasteiger partial charge in [0.05, 0.1) is 11.3 Å². The molecule has 0 unspecified atom stereocenters. The summed E-state index contributed by atoms with van der Waals surface area (Å²) in [5.74, 6) is 6.44. The van der Waals surface area contributed by atoms with Crippen molar-refractivity contribution in [3.8, 4) is 23.1 Å². The number of nitrogens with two attached hydrogens (primary N) is 2. The summed E-state index contributed by atoms with van der Waals surface area (Å²) in [6.45, 7) is 0. The van der Waals surface area contributed by atoms with Crippen molar-refractivity contribution in [2.24, 2.45) is 0 Å². The lowest BCUT2D eigenvalue weighted by Gasteiger charge is -2.07. The first-order valence-corrected chi connectivity index (χ1v) is 6.64. The predicted octanol–water partition coefficient (Wildman–Crippen LogP) is 2.10. The first-order chi connectivity index (χ1) is 10.7. The Morgan fingerprint density at radius 3 is 2.41 bits per heavy atom. The Morgan fingerprint density at radius 2 is 1.68 bits per heavy atom. The Bertz CT molecular complexity index is 849. The van der Waals surface area contributed by atoms with Crippen LogP contribution in [0.5, 0.6) is 0 Å². The van der Waals surface area contributed by atoms with Crippen molar-refractivity contribution in [2.75, 3.05) is 11.5 Å². The summed E-state index contributed by atoms with van der Waals surface area (Å²) in [4.78, 5) is 12.3. The van der Waals surface area contributed by atoms with E-state index in [0.29, 0.717) is 11.3 Å².